The molecule has 4 nitrogen and oxygen atoms in total. The third kappa shape index (κ3) is 2.60. The number of aromatic nitrogens is 1. The van der Waals surface area contributed by atoms with Crippen molar-refractivity contribution in [2.24, 2.45) is 5.73 Å². The smallest absolute Gasteiger partial charge is 0.295 e. The maximum atomic E-state index is 6.09. The Morgan fingerprint density at radius 3 is 2.78 bits per heavy atom. The predicted octanol–water partition coefficient (Wildman–Crippen LogP) is 2.93. The van der Waals surface area contributed by atoms with Crippen LogP contribution in [0.2, 0.25) is 0 Å². The molecule has 0 amide bonds. The van der Waals surface area contributed by atoms with Crippen LogP contribution in [-0.4, -0.2) is 17.1 Å². The lowest BCUT2D eigenvalue weighted by Gasteiger charge is -2.28. The van der Waals surface area contributed by atoms with E-state index in [0.29, 0.717) is 6.01 Å². The summed E-state index contributed by atoms with van der Waals surface area (Å²) in [5.74, 6) is 0. The lowest BCUT2D eigenvalue weighted by Crippen LogP contribution is -2.42. The first-order valence-corrected chi connectivity index (χ1v) is 6.20. The average Bonchev–Trinajstić information content (AvgIpc) is 2.74. The highest BCUT2D eigenvalue weighted by Gasteiger charge is 2.22. The first-order chi connectivity index (χ1) is 8.33. The summed E-state index contributed by atoms with van der Waals surface area (Å²) < 4.78 is 5.64. The summed E-state index contributed by atoms with van der Waals surface area (Å²) in [6.45, 7) is 0. The monoisotopic (exact) mass is 267 g/mol. The van der Waals surface area contributed by atoms with Gasteiger partial charge in [-0.15, -0.1) is 12.4 Å². The SMILES string of the molecule is Cl.NC1CCCCC1Nc1nc2ccccc2o1. The molecule has 98 valence electrons. The summed E-state index contributed by atoms with van der Waals surface area (Å²) in [6.07, 6.45) is 4.64. The van der Waals surface area contributed by atoms with Crippen LogP contribution in [0.25, 0.3) is 11.1 Å². The van der Waals surface area contributed by atoms with Crippen molar-refractivity contribution in [3.63, 3.8) is 0 Å². The fraction of sp³-hybridized carbons (Fsp3) is 0.462. The van der Waals surface area contributed by atoms with Crippen LogP contribution in [0.5, 0.6) is 0 Å². The van der Waals surface area contributed by atoms with E-state index in [1.165, 1.54) is 12.8 Å². The molecule has 1 aromatic carbocycles. The van der Waals surface area contributed by atoms with E-state index in [2.05, 4.69) is 10.3 Å². The maximum absolute atomic E-state index is 6.09. The third-order valence-corrected chi connectivity index (χ3v) is 3.42. The van der Waals surface area contributed by atoms with Crippen molar-refractivity contribution in [2.45, 2.75) is 37.8 Å². The molecule has 18 heavy (non-hydrogen) atoms. The van der Waals surface area contributed by atoms with Crippen molar-refractivity contribution < 1.29 is 4.42 Å². The topological polar surface area (TPSA) is 64.1 Å². The molecule has 1 aliphatic carbocycles. The molecule has 3 rings (SSSR count). The number of hydrogen-bond donors (Lipinski definition) is 2. The highest BCUT2D eigenvalue weighted by molar-refractivity contribution is 5.85. The number of nitrogens with zero attached hydrogens (tertiary/aromatic N) is 1. The van der Waals surface area contributed by atoms with Gasteiger partial charge in [-0.2, -0.15) is 4.98 Å². The molecule has 2 aromatic rings. The Kier molecular flexibility index (Phi) is 4.09. The molecule has 0 saturated heterocycles. The molecule has 1 aromatic heterocycles. The van der Waals surface area contributed by atoms with Crippen molar-refractivity contribution >= 4 is 29.5 Å². The van der Waals surface area contributed by atoms with Gasteiger partial charge in [0.25, 0.3) is 6.01 Å². The van der Waals surface area contributed by atoms with E-state index in [9.17, 15) is 0 Å². The number of oxazole rings is 1. The largest absolute Gasteiger partial charge is 0.424 e. The second kappa shape index (κ2) is 5.59. The van der Waals surface area contributed by atoms with Gasteiger partial charge in [0.1, 0.15) is 5.52 Å². The van der Waals surface area contributed by atoms with Crippen molar-refractivity contribution in [3.05, 3.63) is 24.3 Å². The second-order valence-electron chi connectivity index (χ2n) is 4.69. The van der Waals surface area contributed by atoms with Crippen molar-refractivity contribution in [3.8, 4) is 0 Å². The van der Waals surface area contributed by atoms with Crippen LogP contribution in [-0.2, 0) is 0 Å². The first kappa shape index (κ1) is 13.2. The average molecular weight is 268 g/mol. The van der Waals surface area contributed by atoms with E-state index in [0.717, 1.165) is 23.9 Å². The molecule has 1 saturated carbocycles. The van der Waals surface area contributed by atoms with E-state index in [4.69, 9.17) is 10.2 Å². The Morgan fingerprint density at radius 1 is 1.22 bits per heavy atom. The lowest BCUT2D eigenvalue weighted by molar-refractivity contribution is 0.396. The van der Waals surface area contributed by atoms with Gasteiger partial charge < -0.3 is 15.5 Å². The predicted molar refractivity (Wildman–Crippen MR) is 75.1 cm³/mol. The minimum atomic E-state index is 0. The highest BCUT2D eigenvalue weighted by Crippen LogP contribution is 2.23. The zero-order valence-electron chi connectivity index (χ0n) is 10.1. The molecule has 0 bridgehead atoms. The van der Waals surface area contributed by atoms with Crippen LogP contribution >= 0.6 is 12.4 Å². The van der Waals surface area contributed by atoms with Crippen molar-refractivity contribution in [2.75, 3.05) is 5.32 Å². The Balaban J connectivity index is 0.00000120. The summed E-state index contributed by atoms with van der Waals surface area (Å²) in [5, 5.41) is 3.32. The number of halogens is 1. The van der Waals surface area contributed by atoms with Crippen molar-refractivity contribution in [1.82, 2.24) is 4.98 Å². The van der Waals surface area contributed by atoms with Crippen LogP contribution < -0.4 is 11.1 Å². The number of nitrogens with one attached hydrogen (secondary N) is 1. The number of para-hydroxylation sites is 2. The Morgan fingerprint density at radius 2 is 2.00 bits per heavy atom. The summed E-state index contributed by atoms with van der Waals surface area (Å²) in [7, 11) is 0. The minimum Gasteiger partial charge on any atom is -0.424 e. The van der Waals surface area contributed by atoms with E-state index in [1.54, 1.807) is 0 Å². The molecule has 5 heteroatoms. The van der Waals surface area contributed by atoms with Gasteiger partial charge in [-0.1, -0.05) is 25.0 Å². The standard InChI is InChI=1S/C13H17N3O.ClH/c14-9-5-1-2-6-10(9)15-13-16-11-7-3-4-8-12(11)17-13;/h3-4,7-10H,1-2,5-6,14H2,(H,15,16);1H. The van der Waals surface area contributed by atoms with Gasteiger partial charge in [0.05, 0.1) is 0 Å². The second-order valence-corrected chi connectivity index (χ2v) is 4.69. The summed E-state index contributed by atoms with van der Waals surface area (Å²) in [4.78, 5) is 4.41. The van der Waals surface area contributed by atoms with Gasteiger partial charge in [0.15, 0.2) is 5.58 Å². The zero-order valence-corrected chi connectivity index (χ0v) is 11.0. The number of benzene rings is 1. The molecule has 1 aliphatic rings. The van der Waals surface area contributed by atoms with Crippen LogP contribution in [0.4, 0.5) is 6.01 Å². The van der Waals surface area contributed by atoms with E-state index >= 15 is 0 Å². The van der Waals surface area contributed by atoms with Crippen LogP contribution in [0.15, 0.2) is 28.7 Å². The molecule has 3 N–H and O–H groups in total. The van der Waals surface area contributed by atoms with E-state index in [1.807, 2.05) is 24.3 Å². The van der Waals surface area contributed by atoms with Gasteiger partial charge in [-0.25, -0.2) is 0 Å². The summed E-state index contributed by atoms with van der Waals surface area (Å²) in [5.41, 5.74) is 7.80. The molecule has 1 heterocycles. The molecule has 1 fully saturated rings. The Hall–Kier alpha value is -1.26. The normalized spacial score (nSPS) is 23.6. The third-order valence-electron chi connectivity index (χ3n) is 3.42. The van der Waals surface area contributed by atoms with Gasteiger partial charge in [0, 0.05) is 12.1 Å². The highest BCUT2D eigenvalue weighted by atomic mass is 35.5. The number of nitrogens with two attached hydrogens (primary N) is 1. The zero-order chi connectivity index (χ0) is 11.7. The Bertz CT molecular complexity index is 481. The maximum Gasteiger partial charge on any atom is 0.295 e. The van der Waals surface area contributed by atoms with E-state index < -0.39 is 0 Å². The fourth-order valence-electron chi connectivity index (χ4n) is 2.43. The van der Waals surface area contributed by atoms with Gasteiger partial charge in [0.2, 0.25) is 0 Å². The molecule has 0 aliphatic heterocycles. The molecule has 2 unspecified atom stereocenters. The minimum absolute atomic E-state index is 0. The van der Waals surface area contributed by atoms with Gasteiger partial charge in [-0.05, 0) is 25.0 Å². The fourth-order valence-corrected chi connectivity index (χ4v) is 2.43. The molecular formula is C13H18ClN3O. The number of fused-ring (bicyclic) bond motifs is 1. The molecule has 0 spiro atoms. The molecular weight excluding hydrogens is 250 g/mol. The van der Waals surface area contributed by atoms with E-state index in [-0.39, 0.29) is 24.5 Å². The molecule has 0 radical (unpaired) electrons. The quantitative estimate of drug-likeness (QED) is 0.878. The molecule has 2 atom stereocenters. The van der Waals surface area contributed by atoms with Crippen LogP contribution in [0, 0.1) is 0 Å². The first-order valence-electron chi connectivity index (χ1n) is 6.20. The Labute approximate surface area is 112 Å². The lowest BCUT2D eigenvalue weighted by atomic mass is 9.91. The van der Waals surface area contributed by atoms with Crippen LogP contribution in [0.3, 0.4) is 0 Å². The summed E-state index contributed by atoms with van der Waals surface area (Å²) >= 11 is 0. The summed E-state index contributed by atoms with van der Waals surface area (Å²) in [6, 6.07) is 8.87. The van der Waals surface area contributed by atoms with Crippen LogP contribution in [0.1, 0.15) is 25.7 Å². The van der Waals surface area contributed by atoms with Gasteiger partial charge >= 0.3 is 0 Å². The van der Waals surface area contributed by atoms with Gasteiger partial charge in [-0.3, -0.25) is 0 Å². The number of hydrogen-bond acceptors (Lipinski definition) is 4. The number of rotatable bonds is 2. The number of anilines is 1. The van der Waals surface area contributed by atoms with Crippen molar-refractivity contribution in [1.29, 1.82) is 0 Å².